The molecule has 1 rings (SSSR count). The van der Waals surface area contributed by atoms with E-state index in [0.717, 1.165) is 0 Å². The Morgan fingerprint density at radius 3 is 2.67 bits per heavy atom. The molecule has 0 aromatic heterocycles. The molecule has 0 saturated heterocycles. The van der Waals surface area contributed by atoms with Crippen LogP contribution in [0.3, 0.4) is 0 Å². The van der Waals surface area contributed by atoms with Gasteiger partial charge in [0.2, 0.25) is 5.91 Å². The molecule has 1 aromatic carbocycles. The van der Waals surface area contributed by atoms with Crippen molar-refractivity contribution in [2.75, 3.05) is 6.54 Å². The Labute approximate surface area is 109 Å². The fourth-order valence-electron chi connectivity index (χ4n) is 1.90. The molecule has 0 fully saturated rings. The van der Waals surface area contributed by atoms with Crippen LogP contribution in [0.5, 0.6) is 0 Å². The van der Waals surface area contributed by atoms with E-state index in [-0.39, 0.29) is 24.5 Å². The van der Waals surface area contributed by atoms with Crippen LogP contribution in [0.25, 0.3) is 0 Å². The summed E-state index contributed by atoms with van der Waals surface area (Å²) in [6, 6.07) is 8.00. The highest BCUT2D eigenvalue weighted by atomic mass is 16.2. The summed E-state index contributed by atoms with van der Waals surface area (Å²) in [5, 5.41) is 5.93. The lowest BCUT2D eigenvalue weighted by atomic mass is 10.0. The summed E-state index contributed by atoms with van der Waals surface area (Å²) in [5.41, 5.74) is 2.42. The molecule has 0 radical (unpaired) electrons. The number of benzene rings is 1. The summed E-state index contributed by atoms with van der Waals surface area (Å²) in [7, 11) is 0. The van der Waals surface area contributed by atoms with Crippen LogP contribution >= 0.6 is 0 Å². The Balaban J connectivity index is 2.60. The Morgan fingerprint density at radius 1 is 1.39 bits per heavy atom. The molecule has 96 valence electrons. The summed E-state index contributed by atoms with van der Waals surface area (Å²) in [5.74, 6) is 2.31. The highest BCUT2D eigenvalue weighted by Crippen LogP contribution is 2.17. The summed E-state index contributed by atoms with van der Waals surface area (Å²) in [6.07, 6.45) is 5.10. The van der Waals surface area contributed by atoms with Gasteiger partial charge in [0, 0.05) is 6.04 Å². The molecule has 3 nitrogen and oxygen atoms in total. The number of rotatable bonds is 5. The van der Waals surface area contributed by atoms with Crippen LogP contribution in [0.4, 0.5) is 0 Å². The van der Waals surface area contributed by atoms with Gasteiger partial charge >= 0.3 is 0 Å². The van der Waals surface area contributed by atoms with Crippen LogP contribution in [0.15, 0.2) is 24.3 Å². The van der Waals surface area contributed by atoms with Crippen molar-refractivity contribution in [1.82, 2.24) is 10.6 Å². The Kier molecular flexibility index (Phi) is 5.41. The van der Waals surface area contributed by atoms with Gasteiger partial charge in [0.1, 0.15) is 0 Å². The number of hydrogen-bond donors (Lipinski definition) is 2. The van der Waals surface area contributed by atoms with Crippen LogP contribution in [-0.4, -0.2) is 18.5 Å². The van der Waals surface area contributed by atoms with Gasteiger partial charge in [0.15, 0.2) is 0 Å². The van der Waals surface area contributed by atoms with Gasteiger partial charge in [-0.2, -0.15) is 0 Å². The zero-order valence-electron chi connectivity index (χ0n) is 11.2. The van der Waals surface area contributed by atoms with E-state index in [1.165, 1.54) is 11.1 Å². The minimum absolute atomic E-state index is 0.0756. The second-order valence-corrected chi connectivity index (χ2v) is 4.39. The zero-order valence-corrected chi connectivity index (χ0v) is 11.2. The first-order valence-electron chi connectivity index (χ1n) is 6.09. The number of terminal acetylenes is 1. The van der Waals surface area contributed by atoms with Crippen molar-refractivity contribution in [2.45, 2.75) is 32.9 Å². The molecule has 0 bridgehead atoms. The predicted molar refractivity (Wildman–Crippen MR) is 74.0 cm³/mol. The third kappa shape index (κ3) is 3.90. The lowest BCUT2D eigenvalue weighted by Crippen LogP contribution is -2.43. The minimum atomic E-state index is -0.270. The third-order valence-corrected chi connectivity index (χ3v) is 2.91. The van der Waals surface area contributed by atoms with Gasteiger partial charge in [-0.25, -0.2) is 0 Å². The van der Waals surface area contributed by atoms with Gasteiger partial charge in [-0.05, 0) is 31.9 Å². The number of nitrogens with one attached hydrogen (secondary N) is 2. The summed E-state index contributed by atoms with van der Waals surface area (Å²) in [4.78, 5) is 11.7. The lowest BCUT2D eigenvalue weighted by Gasteiger charge is -2.21. The van der Waals surface area contributed by atoms with E-state index in [4.69, 9.17) is 6.42 Å². The van der Waals surface area contributed by atoms with Gasteiger partial charge in [-0.15, -0.1) is 6.42 Å². The molecule has 1 aromatic rings. The first-order valence-corrected chi connectivity index (χ1v) is 6.09. The largest absolute Gasteiger partial charge is 0.344 e. The fraction of sp³-hybridized carbons (Fsp3) is 0.400. The van der Waals surface area contributed by atoms with Crippen molar-refractivity contribution >= 4 is 5.91 Å². The Morgan fingerprint density at radius 2 is 2.06 bits per heavy atom. The molecule has 0 spiro atoms. The lowest BCUT2D eigenvalue weighted by molar-refractivity contribution is -0.122. The molecular formula is C15H20N2O. The SMILES string of the molecule is C#CCNC(=O)C(C)N[C@@H](C)c1ccccc1C. The van der Waals surface area contributed by atoms with Crippen LogP contribution < -0.4 is 10.6 Å². The molecule has 0 aliphatic heterocycles. The third-order valence-electron chi connectivity index (χ3n) is 2.91. The number of carbonyl (C=O) groups is 1. The average Bonchev–Trinajstić information content (AvgIpc) is 2.36. The van der Waals surface area contributed by atoms with Crippen molar-refractivity contribution in [3.05, 3.63) is 35.4 Å². The quantitative estimate of drug-likeness (QED) is 0.775. The maximum atomic E-state index is 11.7. The van der Waals surface area contributed by atoms with Gasteiger partial charge < -0.3 is 5.32 Å². The molecule has 2 N–H and O–H groups in total. The van der Waals surface area contributed by atoms with E-state index in [9.17, 15) is 4.79 Å². The summed E-state index contributed by atoms with van der Waals surface area (Å²) < 4.78 is 0. The second-order valence-electron chi connectivity index (χ2n) is 4.39. The maximum absolute atomic E-state index is 11.7. The molecule has 0 saturated carbocycles. The van der Waals surface area contributed by atoms with E-state index < -0.39 is 0 Å². The molecule has 1 unspecified atom stereocenters. The fourth-order valence-corrected chi connectivity index (χ4v) is 1.90. The van der Waals surface area contributed by atoms with Gasteiger partial charge in [0.05, 0.1) is 12.6 Å². The highest BCUT2D eigenvalue weighted by Gasteiger charge is 2.16. The molecule has 0 aliphatic rings. The Hall–Kier alpha value is -1.79. The average molecular weight is 244 g/mol. The molecule has 1 amide bonds. The van der Waals surface area contributed by atoms with Crippen molar-refractivity contribution in [3.8, 4) is 12.3 Å². The van der Waals surface area contributed by atoms with E-state index in [0.29, 0.717) is 0 Å². The van der Waals surface area contributed by atoms with Gasteiger partial charge in [-0.1, -0.05) is 30.2 Å². The smallest absolute Gasteiger partial charge is 0.237 e. The summed E-state index contributed by atoms with van der Waals surface area (Å²) >= 11 is 0. The van der Waals surface area contributed by atoms with Crippen LogP contribution in [-0.2, 0) is 4.79 Å². The zero-order chi connectivity index (χ0) is 13.5. The molecular weight excluding hydrogens is 224 g/mol. The maximum Gasteiger partial charge on any atom is 0.237 e. The van der Waals surface area contributed by atoms with Crippen LogP contribution in [0, 0.1) is 19.3 Å². The second kappa shape index (κ2) is 6.83. The number of hydrogen-bond acceptors (Lipinski definition) is 2. The van der Waals surface area contributed by atoms with Crippen molar-refractivity contribution in [3.63, 3.8) is 0 Å². The molecule has 0 aliphatic carbocycles. The Bertz CT molecular complexity index is 448. The van der Waals surface area contributed by atoms with Crippen molar-refractivity contribution in [1.29, 1.82) is 0 Å². The van der Waals surface area contributed by atoms with Crippen molar-refractivity contribution in [2.24, 2.45) is 0 Å². The minimum Gasteiger partial charge on any atom is -0.344 e. The molecule has 0 heterocycles. The molecule has 2 atom stereocenters. The first kappa shape index (κ1) is 14.3. The van der Waals surface area contributed by atoms with E-state index >= 15 is 0 Å². The number of amides is 1. The summed E-state index contributed by atoms with van der Waals surface area (Å²) in [6.45, 7) is 6.22. The first-order chi connectivity index (χ1) is 8.56. The van der Waals surface area contributed by atoms with E-state index in [1.807, 2.05) is 26.0 Å². The predicted octanol–water partition coefficient (Wildman–Crippen LogP) is 1.78. The van der Waals surface area contributed by atoms with Gasteiger partial charge in [-0.3, -0.25) is 10.1 Å². The molecule has 3 heteroatoms. The standard InChI is InChI=1S/C15H20N2O/c1-5-10-16-15(18)13(4)17-12(3)14-9-7-6-8-11(14)2/h1,6-9,12-13,17H,10H2,2-4H3,(H,16,18)/t12-,13?/m0/s1. The van der Waals surface area contributed by atoms with E-state index in [1.54, 1.807) is 0 Å². The monoisotopic (exact) mass is 244 g/mol. The van der Waals surface area contributed by atoms with Crippen LogP contribution in [0.2, 0.25) is 0 Å². The normalized spacial score (nSPS) is 13.4. The van der Waals surface area contributed by atoms with Crippen molar-refractivity contribution < 1.29 is 4.79 Å². The topological polar surface area (TPSA) is 41.1 Å². The number of carbonyl (C=O) groups excluding carboxylic acids is 1. The van der Waals surface area contributed by atoms with E-state index in [2.05, 4.69) is 35.6 Å². The van der Waals surface area contributed by atoms with Gasteiger partial charge in [0.25, 0.3) is 0 Å². The van der Waals surface area contributed by atoms with Crippen LogP contribution in [0.1, 0.15) is 31.0 Å². The highest BCUT2D eigenvalue weighted by molar-refractivity contribution is 5.81. The molecule has 18 heavy (non-hydrogen) atoms. The number of aryl methyl sites for hydroxylation is 1.